The molecule has 3 heterocycles. The average Bonchev–Trinajstić information content (AvgIpc) is 2.88. The van der Waals surface area contributed by atoms with Crippen LogP contribution in [0, 0.1) is 0 Å². The molecule has 9 heteroatoms. The Hall–Kier alpha value is -2.87. The molecule has 0 radical (unpaired) electrons. The largest absolute Gasteiger partial charge is 0.399 e. The molecule has 3 aromatic rings. The van der Waals surface area contributed by atoms with Gasteiger partial charge in [-0.2, -0.15) is 10.1 Å². The van der Waals surface area contributed by atoms with Crippen molar-refractivity contribution in [2.75, 3.05) is 16.4 Å². The SMILES string of the molecule is Cn1cc(Nc2ncc(Cl)c(Nc3cc(N)ccn3)n2)cn1. The summed E-state index contributed by atoms with van der Waals surface area (Å²) in [6, 6.07) is 3.38. The summed E-state index contributed by atoms with van der Waals surface area (Å²) in [5, 5.41) is 10.5. The van der Waals surface area contributed by atoms with Crippen molar-refractivity contribution in [3.63, 3.8) is 0 Å². The van der Waals surface area contributed by atoms with E-state index in [-0.39, 0.29) is 0 Å². The molecule has 0 aliphatic rings. The fourth-order valence-corrected chi connectivity index (χ4v) is 1.90. The first kappa shape index (κ1) is 14.1. The van der Waals surface area contributed by atoms with Crippen LogP contribution < -0.4 is 16.4 Å². The van der Waals surface area contributed by atoms with E-state index in [4.69, 9.17) is 17.3 Å². The topological polar surface area (TPSA) is 107 Å². The van der Waals surface area contributed by atoms with E-state index in [0.717, 1.165) is 5.69 Å². The van der Waals surface area contributed by atoms with Crippen LogP contribution in [-0.4, -0.2) is 24.7 Å². The maximum Gasteiger partial charge on any atom is 0.229 e. The van der Waals surface area contributed by atoms with Crippen molar-refractivity contribution in [2.45, 2.75) is 0 Å². The van der Waals surface area contributed by atoms with Crippen LogP contribution in [0.3, 0.4) is 0 Å². The summed E-state index contributed by atoms with van der Waals surface area (Å²) in [6.07, 6.45) is 6.58. The van der Waals surface area contributed by atoms with Gasteiger partial charge in [-0.05, 0) is 6.07 Å². The monoisotopic (exact) mass is 316 g/mol. The van der Waals surface area contributed by atoms with Gasteiger partial charge in [0.05, 0.1) is 18.1 Å². The molecule has 0 aromatic carbocycles. The van der Waals surface area contributed by atoms with E-state index in [0.29, 0.717) is 28.3 Å². The molecule has 0 bridgehead atoms. The maximum atomic E-state index is 6.10. The van der Waals surface area contributed by atoms with Gasteiger partial charge in [0.15, 0.2) is 5.82 Å². The van der Waals surface area contributed by atoms with Crippen LogP contribution in [-0.2, 0) is 7.05 Å². The number of pyridine rings is 1. The average molecular weight is 317 g/mol. The van der Waals surface area contributed by atoms with Crippen molar-refractivity contribution in [3.05, 3.63) is 41.9 Å². The van der Waals surface area contributed by atoms with Crippen LogP contribution in [0.2, 0.25) is 5.02 Å². The van der Waals surface area contributed by atoms with Crippen molar-refractivity contribution < 1.29 is 0 Å². The maximum absolute atomic E-state index is 6.10. The van der Waals surface area contributed by atoms with Gasteiger partial charge >= 0.3 is 0 Å². The van der Waals surface area contributed by atoms with Gasteiger partial charge < -0.3 is 16.4 Å². The summed E-state index contributed by atoms with van der Waals surface area (Å²) < 4.78 is 1.67. The number of nitrogen functional groups attached to an aromatic ring is 1. The molecule has 0 unspecified atom stereocenters. The number of hydrogen-bond acceptors (Lipinski definition) is 7. The Kier molecular flexibility index (Phi) is 3.75. The molecule has 3 aromatic heterocycles. The Bertz CT molecular complexity index is 800. The number of nitrogens with zero attached hydrogens (tertiary/aromatic N) is 5. The highest BCUT2D eigenvalue weighted by Gasteiger charge is 2.08. The van der Waals surface area contributed by atoms with Gasteiger partial charge in [0.1, 0.15) is 10.8 Å². The molecule has 0 saturated heterocycles. The smallest absolute Gasteiger partial charge is 0.229 e. The number of rotatable bonds is 4. The lowest BCUT2D eigenvalue weighted by molar-refractivity contribution is 0.768. The van der Waals surface area contributed by atoms with E-state index >= 15 is 0 Å². The zero-order valence-electron chi connectivity index (χ0n) is 11.7. The number of nitrogens with one attached hydrogen (secondary N) is 2. The van der Waals surface area contributed by atoms with E-state index in [1.807, 2.05) is 13.2 Å². The van der Waals surface area contributed by atoms with Gasteiger partial charge in [-0.3, -0.25) is 4.68 Å². The van der Waals surface area contributed by atoms with E-state index in [2.05, 4.69) is 30.7 Å². The van der Waals surface area contributed by atoms with Crippen LogP contribution in [0.1, 0.15) is 0 Å². The summed E-state index contributed by atoms with van der Waals surface area (Å²) in [4.78, 5) is 12.6. The number of nitrogens with two attached hydrogens (primary N) is 1. The van der Waals surface area contributed by atoms with Gasteiger partial charge in [-0.1, -0.05) is 11.6 Å². The van der Waals surface area contributed by atoms with Gasteiger partial charge in [0.2, 0.25) is 5.95 Å². The molecular weight excluding hydrogens is 304 g/mol. The standard InChI is InChI=1S/C13H13ClN8/c1-22-7-9(5-18-22)19-13-17-6-10(14)12(21-13)20-11-4-8(15)2-3-16-11/h2-7H,1H3,(H4,15,16,17,19,20,21). The Labute approximate surface area is 131 Å². The molecule has 0 fully saturated rings. The summed E-state index contributed by atoms with van der Waals surface area (Å²) in [7, 11) is 1.83. The fraction of sp³-hybridized carbons (Fsp3) is 0.0769. The minimum absolute atomic E-state index is 0.376. The minimum Gasteiger partial charge on any atom is -0.399 e. The lowest BCUT2D eigenvalue weighted by Crippen LogP contribution is -2.02. The molecular formula is C13H13ClN8. The fourth-order valence-electron chi connectivity index (χ4n) is 1.77. The molecule has 112 valence electrons. The number of anilines is 5. The first-order valence-electron chi connectivity index (χ1n) is 6.37. The highest BCUT2D eigenvalue weighted by Crippen LogP contribution is 2.24. The zero-order chi connectivity index (χ0) is 15.5. The Morgan fingerprint density at radius 1 is 1.23 bits per heavy atom. The van der Waals surface area contributed by atoms with Crippen molar-refractivity contribution in [1.29, 1.82) is 0 Å². The Balaban J connectivity index is 1.83. The van der Waals surface area contributed by atoms with Crippen LogP contribution in [0.25, 0.3) is 0 Å². The lowest BCUT2D eigenvalue weighted by atomic mass is 10.4. The minimum atomic E-state index is 0.376. The molecule has 0 aliphatic heterocycles. The molecule has 0 amide bonds. The highest BCUT2D eigenvalue weighted by atomic mass is 35.5. The van der Waals surface area contributed by atoms with Gasteiger partial charge in [-0.15, -0.1) is 0 Å². The number of halogens is 1. The molecule has 0 saturated carbocycles. The van der Waals surface area contributed by atoms with Crippen molar-refractivity contribution in [3.8, 4) is 0 Å². The zero-order valence-corrected chi connectivity index (χ0v) is 12.4. The summed E-state index contributed by atoms with van der Waals surface area (Å²) in [5.41, 5.74) is 7.09. The van der Waals surface area contributed by atoms with Crippen molar-refractivity contribution >= 4 is 40.6 Å². The van der Waals surface area contributed by atoms with Crippen molar-refractivity contribution in [1.82, 2.24) is 24.7 Å². The second-order valence-corrected chi connectivity index (χ2v) is 4.92. The van der Waals surface area contributed by atoms with E-state index in [1.54, 1.807) is 29.2 Å². The first-order chi connectivity index (χ1) is 10.6. The van der Waals surface area contributed by atoms with E-state index in [9.17, 15) is 0 Å². The Morgan fingerprint density at radius 2 is 2.09 bits per heavy atom. The molecule has 22 heavy (non-hydrogen) atoms. The Morgan fingerprint density at radius 3 is 2.82 bits per heavy atom. The predicted molar refractivity (Wildman–Crippen MR) is 85.5 cm³/mol. The van der Waals surface area contributed by atoms with Gasteiger partial charge in [0, 0.05) is 31.2 Å². The van der Waals surface area contributed by atoms with E-state index < -0.39 is 0 Å². The van der Waals surface area contributed by atoms with Crippen LogP contribution in [0.4, 0.5) is 29.0 Å². The molecule has 4 N–H and O–H groups in total. The van der Waals surface area contributed by atoms with Gasteiger partial charge in [-0.25, -0.2) is 9.97 Å². The summed E-state index contributed by atoms with van der Waals surface area (Å²) >= 11 is 6.10. The molecule has 0 atom stereocenters. The second-order valence-electron chi connectivity index (χ2n) is 4.52. The third kappa shape index (κ3) is 3.23. The molecule has 3 rings (SSSR count). The van der Waals surface area contributed by atoms with Crippen molar-refractivity contribution in [2.24, 2.45) is 7.05 Å². The first-order valence-corrected chi connectivity index (χ1v) is 6.75. The second kappa shape index (κ2) is 5.86. The van der Waals surface area contributed by atoms with E-state index in [1.165, 1.54) is 6.20 Å². The molecule has 0 aliphatic carbocycles. The normalized spacial score (nSPS) is 10.5. The van der Waals surface area contributed by atoms with Crippen LogP contribution >= 0.6 is 11.6 Å². The van der Waals surface area contributed by atoms with Crippen LogP contribution in [0.15, 0.2) is 36.9 Å². The number of aromatic nitrogens is 5. The lowest BCUT2D eigenvalue weighted by Gasteiger charge is -2.09. The molecule has 8 nitrogen and oxygen atoms in total. The molecule has 0 spiro atoms. The highest BCUT2D eigenvalue weighted by molar-refractivity contribution is 6.32. The predicted octanol–water partition coefficient (Wildman–Crippen LogP) is 2.33. The summed E-state index contributed by atoms with van der Waals surface area (Å²) in [5.74, 6) is 1.37. The van der Waals surface area contributed by atoms with Gasteiger partial charge in [0.25, 0.3) is 0 Å². The quantitative estimate of drug-likeness (QED) is 0.678. The summed E-state index contributed by atoms with van der Waals surface area (Å²) in [6.45, 7) is 0. The third-order valence-electron chi connectivity index (χ3n) is 2.74. The third-order valence-corrected chi connectivity index (χ3v) is 3.01. The van der Waals surface area contributed by atoms with Crippen LogP contribution in [0.5, 0.6) is 0 Å². The number of hydrogen-bond donors (Lipinski definition) is 3. The number of aryl methyl sites for hydroxylation is 1.